The normalized spacial score (nSPS) is 35.0. The van der Waals surface area contributed by atoms with Gasteiger partial charge in [0.1, 0.15) is 12.2 Å². The molecule has 0 spiro atoms. The molecular weight excluding hydrogens is 201 g/mol. The number of primary amides is 1. The van der Waals surface area contributed by atoms with Gasteiger partial charge in [-0.1, -0.05) is 0 Å². The largest absolute Gasteiger partial charge is 0.368 e. The van der Waals surface area contributed by atoms with Gasteiger partial charge < -0.3 is 16.0 Å². The molecule has 0 aromatic rings. The van der Waals surface area contributed by atoms with Crippen LogP contribution in [0, 0.1) is 0 Å². The average molecular weight is 215 g/mol. The Morgan fingerprint density at radius 2 is 2.20 bits per heavy atom. The smallest absolute Gasteiger partial charge is 0.240 e. The molecule has 2 rings (SSSR count). The summed E-state index contributed by atoms with van der Waals surface area (Å²) in [6.45, 7) is 0.757. The topological polar surface area (TPSA) is 75.4 Å². The van der Waals surface area contributed by atoms with Gasteiger partial charge in [-0.15, -0.1) is 0 Å². The van der Waals surface area contributed by atoms with Gasteiger partial charge in [0, 0.05) is 19.5 Å². The van der Waals surface area contributed by atoms with E-state index in [1.165, 1.54) is 4.90 Å². The van der Waals surface area contributed by atoms with Crippen LogP contribution in [0.15, 0.2) is 0 Å². The lowest BCUT2D eigenvalue weighted by atomic mass is 10.0. The monoisotopic (exact) mass is 215 g/mol. The van der Waals surface area contributed by atoms with E-state index in [4.69, 9.17) is 5.73 Å². The maximum absolute atomic E-state index is 12.9. The van der Waals surface area contributed by atoms with Crippen molar-refractivity contribution in [3.8, 4) is 0 Å². The third kappa shape index (κ3) is 1.81. The van der Waals surface area contributed by atoms with Crippen LogP contribution in [0.3, 0.4) is 0 Å². The summed E-state index contributed by atoms with van der Waals surface area (Å²) in [5.74, 6) is -0.686. The van der Waals surface area contributed by atoms with Crippen molar-refractivity contribution in [3.63, 3.8) is 0 Å². The lowest BCUT2D eigenvalue weighted by Gasteiger charge is -2.40. The highest BCUT2D eigenvalue weighted by atomic mass is 19.1. The van der Waals surface area contributed by atoms with Gasteiger partial charge in [0.15, 0.2) is 0 Å². The standard InChI is InChI=1S/C9H14FN3O2/c10-5-3-6(12-4-5)9(15)13-2-1-7(13)8(11)14/h5-7,12H,1-4H2,(H2,11,14). The number of likely N-dealkylation sites (tertiary alicyclic amines) is 1. The molecule has 84 valence electrons. The first kappa shape index (κ1) is 10.4. The van der Waals surface area contributed by atoms with Gasteiger partial charge >= 0.3 is 0 Å². The molecule has 2 saturated heterocycles. The van der Waals surface area contributed by atoms with Gasteiger partial charge in [0.2, 0.25) is 11.8 Å². The Labute approximate surface area is 86.8 Å². The van der Waals surface area contributed by atoms with Crippen molar-refractivity contribution in [3.05, 3.63) is 0 Å². The van der Waals surface area contributed by atoms with Crippen molar-refractivity contribution in [1.82, 2.24) is 10.2 Å². The molecule has 0 radical (unpaired) electrons. The van der Waals surface area contributed by atoms with Crippen molar-refractivity contribution in [2.24, 2.45) is 5.73 Å². The second kappa shape index (κ2) is 3.77. The van der Waals surface area contributed by atoms with E-state index in [-0.39, 0.29) is 18.9 Å². The highest BCUT2D eigenvalue weighted by Gasteiger charge is 2.41. The lowest BCUT2D eigenvalue weighted by Crippen LogP contribution is -2.60. The number of amides is 2. The molecule has 3 unspecified atom stereocenters. The summed E-state index contributed by atoms with van der Waals surface area (Å²) in [6.07, 6.45) is -0.152. The SMILES string of the molecule is NC(=O)C1CCN1C(=O)C1CC(F)CN1. The van der Waals surface area contributed by atoms with E-state index in [0.29, 0.717) is 13.0 Å². The number of carbonyl (C=O) groups is 2. The van der Waals surface area contributed by atoms with Gasteiger partial charge in [-0.3, -0.25) is 9.59 Å². The zero-order chi connectivity index (χ0) is 11.0. The third-order valence-electron chi connectivity index (χ3n) is 3.01. The highest BCUT2D eigenvalue weighted by Crippen LogP contribution is 2.21. The molecule has 0 bridgehead atoms. The van der Waals surface area contributed by atoms with E-state index < -0.39 is 24.2 Å². The van der Waals surface area contributed by atoms with E-state index in [2.05, 4.69) is 5.32 Å². The Morgan fingerprint density at radius 3 is 2.60 bits per heavy atom. The second-order valence-corrected chi connectivity index (χ2v) is 4.03. The van der Waals surface area contributed by atoms with Crippen molar-refractivity contribution in [2.45, 2.75) is 31.1 Å². The predicted molar refractivity (Wildman–Crippen MR) is 50.6 cm³/mol. The summed E-state index contributed by atoms with van der Waals surface area (Å²) in [4.78, 5) is 24.1. The molecular formula is C9H14FN3O2. The maximum Gasteiger partial charge on any atom is 0.240 e. The Hall–Kier alpha value is -1.17. The first-order valence-corrected chi connectivity index (χ1v) is 5.07. The van der Waals surface area contributed by atoms with Gasteiger partial charge in [0.05, 0.1) is 6.04 Å². The van der Waals surface area contributed by atoms with Crippen LogP contribution in [0.2, 0.25) is 0 Å². The molecule has 3 atom stereocenters. The van der Waals surface area contributed by atoms with E-state index in [9.17, 15) is 14.0 Å². The van der Waals surface area contributed by atoms with Gasteiger partial charge in [-0.05, 0) is 6.42 Å². The van der Waals surface area contributed by atoms with E-state index in [1.807, 2.05) is 0 Å². The van der Waals surface area contributed by atoms with Crippen LogP contribution in [0.5, 0.6) is 0 Å². The average Bonchev–Trinajstić information content (AvgIpc) is 2.48. The number of alkyl halides is 1. The Balaban J connectivity index is 1.94. The summed E-state index contributed by atoms with van der Waals surface area (Å²) in [7, 11) is 0. The summed E-state index contributed by atoms with van der Waals surface area (Å²) < 4.78 is 12.9. The van der Waals surface area contributed by atoms with Crippen molar-refractivity contribution < 1.29 is 14.0 Å². The van der Waals surface area contributed by atoms with Crippen LogP contribution in [0.1, 0.15) is 12.8 Å². The Bertz CT molecular complexity index is 297. The van der Waals surface area contributed by atoms with Crippen LogP contribution < -0.4 is 11.1 Å². The van der Waals surface area contributed by atoms with E-state index in [0.717, 1.165) is 0 Å². The molecule has 2 heterocycles. The molecule has 2 fully saturated rings. The number of nitrogens with two attached hydrogens (primary N) is 1. The molecule has 15 heavy (non-hydrogen) atoms. The van der Waals surface area contributed by atoms with E-state index in [1.54, 1.807) is 0 Å². The van der Waals surface area contributed by atoms with Gasteiger partial charge in [0.25, 0.3) is 0 Å². The Morgan fingerprint density at radius 1 is 1.47 bits per heavy atom. The minimum absolute atomic E-state index is 0.195. The van der Waals surface area contributed by atoms with Crippen molar-refractivity contribution in [1.29, 1.82) is 0 Å². The summed E-state index contributed by atoms with van der Waals surface area (Å²) in [5.41, 5.74) is 5.12. The number of halogens is 1. The molecule has 2 aliphatic rings. The van der Waals surface area contributed by atoms with Crippen LogP contribution in [0.25, 0.3) is 0 Å². The molecule has 0 aromatic carbocycles. The van der Waals surface area contributed by atoms with Crippen LogP contribution in [-0.4, -0.2) is 48.1 Å². The van der Waals surface area contributed by atoms with Crippen molar-refractivity contribution >= 4 is 11.8 Å². The number of rotatable bonds is 2. The van der Waals surface area contributed by atoms with Crippen LogP contribution in [-0.2, 0) is 9.59 Å². The summed E-state index contributed by atoms with van der Waals surface area (Å²) >= 11 is 0. The fourth-order valence-corrected chi connectivity index (χ4v) is 2.03. The Kier molecular flexibility index (Phi) is 2.60. The summed E-state index contributed by atoms with van der Waals surface area (Å²) in [6, 6.07) is -0.972. The number of carbonyl (C=O) groups excluding carboxylic acids is 2. The highest BCUT2D eigenvalue weighted by molar-refractivity contribution is 5.90. The zero-order valence-electron chi connectivity index (χ0n) is 8.28. The molecule has 2 aliphatic heterocycles. The molecule has 0 saturated carbocycles. The van der Waals surface area contributed by atoms with Gasteiger partial charge in [-0.2, -0.15) is 0 Å². The van der Waals surface area contributed by atoms with Gasteiger partial charge in [-0.25, -0.2) is 4.39 Å². The first-order chi connectivity index (χ1) is 7.09. The minimum Gasteiger partial charge on any atom is -0.368 e. The molecule has 0 aromatic heterocycles. The quantitative estimate of drug-likeness (QED) is 0.606. The molecule has 3 N–H and O–H groups in total. The third-order valence-corrected chi connectivity index (χ3v) is 3.01. The van der Waals surface area contributed by atoms with Crippen molar-refractivity contribution in [2.75, 3.05) is 13.1 Å². The van der Waals surface area contributed by atoms with E-state index >= 15 is 0 Å². The van der Waals surface area contributed by atoms with Crippen LogP contribution >= 0.6 is 0 Å². The fourth-order valence-electron chi connectivity index (χ4n) is 2.03. The number of nitrogens with zero attached hydrogens (tertiary/aromatic N) is 1. The number of nitrogens with one attached hydrogen (secondary N) is 1. The maximum atomic E-state index is 12.9. The first-order valence-electron chi connectivity index (χ1n) is 5.07. The molecule has 0 aliphatic carbocycles. The minimum atomic E-state index is -0.966. The number of hydrogen-bond donors (Lipinski definition) is 2. The molecule has 2 amide bonds. The molecule has 6 heteroatoms. The summed E-state index contributed by atoms with van der Waals surface area (Å²) in [5, 5.41) is 2.80. The lowest BCUT2D eigenvalue weighted by molar-refractivity contribution is -0.147. The predicted octanol–water partition coefficient (Wildman–Crippen LogP) is -1.23. The molecule has 5 nitrogen and oxygen atoms in total. The number of hydrogen-bond acceptors (Lipinski definition) is 3. The van der Waals surface area contributed by atoms with Crippen LogP contribution in [0.4, 0.5) is 4.39 Å². The fraction of sp³-hybridized carbons (Fsp3) is 0.778. The second-order valence-electron chi connectivity index (χ2n) is 4.03. The zero-order valence-corrected chi connectivity index (χ0v) is 8.28.